The summed E-state index contributed by atoms with van der Waals surface area (Å²) < 4.78 is 17.2. The maximum Gasteiger partial charge on any atom is 1.00 e. The van der Waals surface area contributed by atoms with Gasteiger partial charge < -0.3 is 38.5 Å². The molecule has 0 heterocycles. The van der Waals surface area contributed by atoms with Gasteiger partial charge in [0.05, 0.1) is 7.82 Å². The Bertz CT molecular complexity index is 138. The van der Waals surface area contributed by atoms with E-state index >= 15 is 0 Å². The first-order chi connectivity index (χ1) is 4.00. The molecule has 15 heteroatoms. The van der Waals surface area contributed by atoms with Gasteiger partial charge in [0.2, 0.25) is 0 Å². The molecule has 0 rings (SSSR count). The van der Waals surface area contributed by atoms with E-state index in [0.717, 1.165) is 0 Å². The second-order valence-corrected chi connectivity index (χ2v) is 2.75. The van der Waals surface area contributed by atoms with Crippen LogP contribution >= 0.6 is 15.6 Å². The monoisotopic (exact) mass is 354 g/mol. The maximum atomic E-state index is 8.66. The number of hydrogen-bond acceptors (Lipinski definition) is 7. The SMILES string of the molecule is O=P([O-])([O-])O.O=P([O-])([O-])[O-].[K+].[K+].[K+].[Na+].[Na+]. The largest absolute Gasteiger partial charge is 1.00 e. The fraction of sp³-hybridized carbons (Fsp3) is 0. The molecular weight excluding hydrogens is 353 g/mol. The van der Waals surface area contributed by atoms with Crippen molar-refractivity contribution in [2.75, 3.05) is 0 Å². The molecule has 64 valence electrons. The second-order valence-electron chi connectivity index (χ2n) is 0.916. The molecule has 0 unspecified atom stereocenters. The molecule has 0 amide bonds. The van der Waals surface area contributed by atoms with Crippen LogP contribution in [0.3, 0.4) is 0 Å². The smallest absolute Gasteiger partial charge is 0.822 e. The average Bonchev–Trinajstić information content (AvgIpc) is 1.12. The summed E-state index contributed by atoms with van der Waals surface area (Å²) in [5, 5.41) is 0. The van der Waals surface area contributed by atoms with E-state index in [-0.39, 0.29) is 213 Å². The first kappa shape index (κ1) is 43.2. The molecule has 15 heavy (non-hydrogen) atoms. The van der Waals surface area contributed by atoms with Crippen molar-refractivity contribution < 1.29 is 252 Å². The summed E-state index contributed by atoms with van der Waals surface area (Å²) in [5.74, 6) is 0. The van der Waals surface area contributed by atoms with Gasteiger partial charge in [0.15, 0.2) is 0 Å². The first-order valence-corrected chi connectivity index (χ1v) is 4.43. The van der Waals surface area contributed by atoms with Crippen molar-refractivity contribution in [2.45, 2.75) is 0 Å². The molecule has 0 radical (unpaired) electrons. The van der Waals surface area contributed by atoms with Crippen LogP contribution in [-0.4, -0.2) is 4.89 Å². The van der Waals surface area contributed by atoms with Crippen LogP contribution in [0, 0.1) is 0 Å². The van der Waals surface area contributed by atoms with E-state index in [1.807, 2.05) is 0 Å². The van der Waals surface area contributed by atoms with Gasteiger partial charge in [-0.15, -0.1) is 0 Å². The minimum atomic E-state index is -5.39. The van der Waals surface area contributed by atoms with Crippen LogP contribution in [0.4, 0.5) is 0 Å². The van der Waals surface area contributed by atoms with Crippen LogP contribution in [0.1, 0.15) is 0 Å². The van der Waals surface area contributed by atoms with Crippen LogP contribution in [0.25, 0.3) is 0 Å². The molecule has 0 spiro atoms. The van der Waals surface area contributed by atoms with E-state index in [9.17, 15) is 0 Å². The Hall–Kier alpha value is 7.13. The Labute approximate surface area is 259 Å². The molecule has 0 saturated carbocycles. The van der Waals surface area contributed by atoms with Gasteiger partial charge in [0.1, 0.15) is 0 Å². The molecule has 0 aliphatic rings. The molecule has 8 nitrogen and oxygen atoms in total. The quantitative estimate of drug-likeness (QED) is 0.330. The summed E-state index contributed by atoms with van der Waals surface area (Å²) in [6, 6.07) is 0. The molecular formula is HK3Na2O8P2. The number of hydrogen-bond donors (Lipinski definition) is 1. The van der Waals surface area contributed by atoms with Gasteiger partial charge in [-0.25, -0.2) is 0 Å². The zero-order valence-electron chi connectivity index (χ0n) is 9.20. The average molecular weight is 354 g/mol. The zero-order chi connectivity index (χ0) is 9.00. The summed E-state index contributed by atoms with van der Waals surface area (Å²) in [5.41, 5.74) is 0. The van der Waals surface area contributed by atoms with Crippen LogP contribution in [0.5, 0.6) is 0 Å². The molecule has 0 aliphatic heterocycles. The van der Waals surface area contributed by atoms with Crippen molar-refractivity contribution in [3.05, 3.63) is 0 Å². The third-order valence-electron chi connectivity index (χ3n) is 0. The summed E-state index contributed by atoms with van der Waals surface area (Å²) in [6.45, 7) is 0. The number of rotatable bonds is 0. The predicted octanol–water partition coefficient (Wildman–Crippen LogP) is -20.0. The van der Waals surface area contributed by atoms with Crippen molar-refractivity contribution in [1.82, 2.24) is 0 Å². The predicted molar refractivity (Wildman–Crippen MR) is 17.4 cm³/mol. The van der Waals surface area contributed by atoms with E-state index in [2.05, 4.69) is 0 Å². The second kappa shape index (κ2) is 23.4. The van der Waals surface area contributed by atoms with Gasteiger partial charge in [-0.1, -0.05) is 0 Å². The van der Waals surface area contributed by atoms with E-state index in [1.165, 1.54) is 0 Å². The van der Waals surface area contributed by atoms with E-state index in [0.29, 0.717) is 0 Å². The van der Waals surface area contributed by atoms with Gasteiger partial charge in [-0.2, -0.15) is 7.82 Å². The summed E-state index contributed by atoms with van der Waals surface area (Å²) in [7, 11) is -10.5. The minimum absolute atomic E-state index is 0. The van der Waals surface area contributed by atoms with E-state index in [1.54, 1.807) is 0 Å². The summed E-state index contributed by atoms with van der Waals surface area (Å²) >= 11 is 0. The molecule has 0 aliphatic carbocycles. The van der Waals surface area contributed by atoms with Gasteiger partial charge in [0, 0.05) is 0 Å². The Morgan fingerprint density at radius 3 is 0.733 bits per heavy atom. The molecule has 0 aromatic carbocycles. The van der Waals surface area contributed by atoms with Crippen LogP contribution in [0.2, 0.25) is 0 Å². The standard InChI is InChI=1S/3K.2Na.2H3O4P/c;;;;;2*1-5(2,3)4/h;;;;;2*(H3,1,2,3,4)/q5*+1;;/p-5. The molecule has 0 atom stereocenters. The van der Waals surface area contributed by atoms with Crippen molar-refractivity contribution >= 4 is 15.6 Å². The maximum absolute atomic E-state index is 8.66. The van der Waals surface area contributed by atoms with Crippen LogP contribution in [-0.2, 0) is 9.13 Å². The Morgan fingerprint density at radius 1 is 0.733 bits per heavy atom. The summed E-state index contributed by atoms with van der Waals surface area (Å²) in [6.07, 6.45) is 0. The van der Waals surface area contributed by atoms with Crippen molar-refractivity contribution in [2.24, 2.45) is 0 Å². The fourth-order valence-corrected chi connectivity index (χ4v) is 0. The Morgan fingerprint density at radius 2 is 0.733 bits per heavy atom. The van der Waals surface area contributed by atoms with Gasteiger partial charge in [-0.3, -0.25) is 0 Å². The molecule has 0 aromatic heterocycles. The summed E-state index contributed by atoms with van der Waals surface area (Å²) in [4.78, 5) is 49.9. The van der Waals surface area contributed by atoms with Gasteiger partial charge in [0.25, 0.3) is 0 Å². The zero-order valence-corrected chi connectivity index (χ0v) is 24.4. The van der Waals surface area contributed by atoms with Crippen molar-refractivity contribution in [1.29, 1.82) is 0 Å². The van der Waals surface area contributed by atoms with E-state index in [4.69, 9.17) is 38.5 Å². The third-order valence-corrected chi connectivity index (χ3v) is 0. The topological polar surface area (TPSA) is 170 Å². The molecule has 1 N–H and O–H groups in total. The third kappa shape index (κ3) is 152. The molecule has 0 aromatic rings. The Balaban J connectivity index is -0.0000000128. The molecule has 0 fully saturated rings. The van der Waals surface area contributed by atoms with Crippen molar-refractivity contribution in [3.8, 4) is 0 Å². The van der Waals surface area contributed by atoms with Crippen molar-refractivity contribution in [3.63, 3.8) is 0 Å². The first-order valence-electron chi connectivity index (χ1n) is 1.48. The number of phosphoric acid groups is 2. The minimum Gasteiger partial charge on any atom is -0.822 e. The molecule has 0 saturated heterocycles. The fourth-order valence-electron chi connectivity index (χ4n) is 0. The van der Waals surface area contributed by atoms with Gasteiger partial charge in [-0.05, 0) is 0 Å². The van der Waals surface area contributed by atoms with E-state index < -0.39 is 15.6 Å². The Kier molecular flexibility index (Phi) is 67.3. The molecule has 0 bridgehead atoms. The normalized spacial score (nSPS) is 7.87. The van der Waals surface area contributed by atoms with Crippen LogP contribution < -0.4 is 238 Å². The van der Waals surface area contributed by atoms with Crippen LogP contribution in [0.15, 0.2) is 0 Å². The van der Waals surface area contributed by atoms with Gasteiger partial charge >= 0.3 is 213 Å².